The molecule has 1 aromatic carbocycles. The first-order valence-electron chi connectivity index (χ1n) is 6.44. The van der Waals surface area contributed by atoms with Gasteiger partial charge in [0.05, 0.1) is 0 Å². The SMILES string of the molecule is Cc1c(Cl)nc(C2CCCc3ccccc32)nc1Cl. The summed E-state index contributed by atoms with van der Waals surface area (Å²) in [6.07, 6.45) is 3.32. The van der Waals surface area contributed by atoms with Gasteiger partial charge in [-0.05, 0) is 37.3 Å². The molecule has 0 N–H and O–H groups in total. The van der Waals surface area contributed by atoms with Gasteiger partial charge in [-0.3, -0.25) is 0 Å². The molecule has 1 atom stereocenters. The average Bonchev–Trinajstić information content (AvgIpc) is 2.43. The Balaban J connectivity index is 2.09. The molecule has 0 amide bonds. The maximum Gasteiger partial charge on any atom is 0.139 e. The molecule has 19 heavy (non-hydrogen) atoms. The van der Waals surface area contributed by atoms with Gasteiger partial charge in [-0.25, -0.2) is 9.97 Å². The Morgan fingerprint density at radius 1 is 1.11 bits per heavy atom. The second kappa shape index (κ2) is 5.10. The Kier molecular flexibility index (Phi) is 3.46. The standard InChI is InChI=1S/C15H14Cl2N2/c1-9-13(16)18-15(19-14(9)17)12-8-4-6-10-5-2-3-7-11(10)12/h2-3,5,7,12H,4,6,8H2,1H3. The van der Waals surface area contributed by atoms with E-state index in [0.29, 0.717) is 10.3 Å². The van der Waals surface area contributed by atoms with E-state index < -0.39 is 0 Å². The maximum absolute atomic E-state index is 6.13. The molecule has 0 saturated heterocycles. The van der Waals surface area contributed by atoms with Gasteiger partial charge in [0.2, 0.25) is 0 Å². The summed E-state index contributed by atoms with van der Waals surface area (Å²) in [7, 11) is 0. The summed E-state index contributed by atoms with van der Waals surface area (Å²) in [5.41, 5.74) is 3.44. The number of fused-ring (bicyclic) bond motifs is 1. The van der Waals surface area contributed by atoms with Gasteiger partial charge in [0, 0.05) is 11.5 Å². The summed E-state index contributed by atoms with van der Waals surface area (Å²) in [6.45, 7) is 1.84. The molecule has 2 nitrogen and oxygen atoms in total. The minimum atomic E-state index is 0.209. The Hall–Kier alpha value is -1.12. The van der Waals surface area contributed by atoms with E-state index in [4.69, 9.17) is 23.2 Å². The Morgan fingerprint density at radius 3 is 2.53 bits per heavy atom. The summed E-state index contributed by atoms with van der Waals surface area (Å²) in [6, 6.07) is 8.48. The number of rotatable bonds is 1. The quantitative estimate of drug-likeness (QED) is 0.720. The van der Waals surface area contributed by atoms with Gasteiger partial charge < -0.3 is 0 Å². The fourth-order valence-corrected chi connectivity index (χ4v) is 3.06. The summed E-state index contributed by atoms with van der Waals surface area (Å²) in [5, 5.41) is 0.913. The first-order valence-corrected chi connectivity index (χ1v) is 7.19. The van der Waals surface area contributed by atoms with Crippen molar-refractivity contribution in [2.45, 2.75) is 32.1 Å². The molecule has 0 saturated carbocycles. The van der Waals surface area contributed by atoms with E-state index in [0.717, 1.165) is 30.7 Å². The molecule has 0 aliphatic heterocycles. The van der Waals surface area contributed by atoms with Crippen molar-refractivity contribution >= 4 is 23.2 Å². The van der Waals surface area contributed by atoms with Crippen molar-refractivity contribution in [1.29, 1.82) is 0 Å². The highest BCUT2D eigenvalue weighted by molar-refractivity contribution is 6.34. The molecular weight excluding hydrogens is 279 g/mol. The number of aromatic nitrogens is 2. The smallest absolute Gasteiger partial charge is 0.139 e. The number of hydrogen-bond donors (Lipinski definition) is 0. The predicted octanol–water partition coefficient (Wildman–Crippen LogP) is 4.56. The molecule has 1 heterocycles. The summed E-state index contributed by atoms with van der Waals surface area (Å²) >= 11 is 12.3. The zero-order valence-corrected chi connectivity index (χ0v) is 12.2. The van der Waals surface area contributed by atoms with Crippen molar-refractivity contribution in [2.24, 2.45) is 0 Å². The summed E-state index contributed by atoms with van der Waals surface area (Å²) < 4.78 is 0. The molecule has 0 radical (unpaired) electrons. The van der Waals surface area contributed by atoms with Crippen molar-refractivity contribution < 1.29 is 0 Å². The lowest BCUT2D eigenvalue weighted by atomic mass is 9.82. The molecule has 1 unspecified atom stereocenters. The molecule has 1 aliphatic rings. The first-order chi connectivity index (χ1) is 9.16. The topological polar surface area (TPSA) is 25.8 Å². The van der Waals surface area contributed by atoms with Crippen LogP contribution in [0.1, 0.15) is 41.3 Å². The minimum absolute atomic E-state index is 0.209. The van der Waals surface area contributed by atoms with E-state index in [2.05, 4.69) is 34.2 Å². The largest absolute Gasteiger partial charge is 0.220 e. The van der Waals surface area contributed by atoms with Gasteiger partial charge in [0.15, 0.2) is 0 Å². The van der Waals surface area contributed by atoms with E-state index in [1.165, 1.54) is 11.1 Å². The van der Waals surface area contributed by atoms with Crippen molar-refractivity contribution in [3.8, 4) is 0 Å². The molecule has 1 aliphatic carbocycles. The number of benzene rings is 1. The number of hydrogen-bond acceptors (Lipinski definition) is 2. The zero-order valence-electron chi connectivity index (χ0n) is 10.7. The van der Waals surface area contributed by atoms with Gasteiger partial charge in [0.25, 0.3) is 0 Å². The van der Waals surface area contributed by atoms with Crippen molar-refractivity contribution in [3.63, 3.8) is 0 Å². The van der Waals surface area contributed by atoms with Crippen LogP contribution in [0.5, 0.6) is 0 Å². The van der Waals surface area contributed by atoms with Gasteiger partial charge in [-0.2, -0.15) is 0 Å². The van der Waals surface area contributed by atoms with Gasteiger partial charge >= 0.3 is 0 Å². The molecule has 4 heteroatoms. The lowest BCUT2D eigenvalue weighted by molar-refractivity contribution is 0.590. The van der Waals surface area contributed by atoms with Crippen LogP contribution in [-0.2, 0) is 6.42 Å². The van der Waals surface area contributed by atoms with Crippen LogP contribution in [0.25, 0.3) is 0 Å². The van der Waals surface area contributed by atoms with Crippen LogP contribution in [0.2, 0.25) is 10.3 Å². The fourth-order valence-electron chi connectivity index (χ4n) is 2.66. The number of nitrogens with zero attached hydrogens (tertiary/aromatic N) is 2. The van der Waals surface area contributed by atoms with Crippen LogP contribution < -0.4 is 0 Å². The van der Waals surface area contributed by atoms with E-state index >= 15 is 0 Å². The number of aryl methyl sites for hydroxylation is 1. The third-order valence-electron chi connectivity index (χ3n) is 3.73. The highest BCUT2D eigenvalue weighted by Crippen LogP contribution is 2.36. The summed E-state index contributed by atoms with van der Waals surface area (Å²) in [4.78, 5) is 8.85. The molecule has 1 aromatic heterocycles. The Bertz CT molecular complexity index is 602. The molecule has 3 rings (SSSR count). The van der Waals surface area contributed by atoms with Crippen LogP contribution in [0.15, 0.2) is 24.3 Å². The molecular formula is C15H14Cl2N2. The first kappa shape index (κ1) is 12.9. The normalized spacial score (nSPS) is 18.2. The van der Waals surface area contributed by atoms with E-state index in [9.17, 15) is 0 Å². The predicted molar refractivity (Wildman–Crippen MR) is 78.0 cm³/mol. The fraction of sp³-hybridized carbons (Fsp3) is 0.333. The van der Waals surface area contributed by atoms with Gasteiger partial charge in [-0.1, -0.05) is 47.5 Å². The van der Waals surface area contributed by atoms with E-state index in [1.54, 1.807) is 0 Å². The van der Waals surface area contributed by atoms with Crippen LogP contribution in [0.3, 0.4) is 0 Å². The molecule has 2 aromatic rings. The molecule has 0 spiro atoms. The van der Waals surface area contributed by atoms with Crippen molar-refractivity contribution in [1.82, 2.24) is 9.97 Å². The highest BCUT2D eigenvalue weighted by Gasteiger charge is 2.24. The highest BCUT2D eigenvalue weighted by atomic mass is 35.5. The number of halogens is 2. The second-order valence-corrected chi connectivity index (χ2v) is 5.65. The van der Waals surface area contributed by atoms with E-state index in [-0.39, 0.29) is 5.92 Å². The second-order valence-electron chi connectivity index (χ2n) is 4.93. The minimum Gasteiger partial charge on any atom is -0.220 e. The molecule has 98 valence electrons. The third kappa shape index (κ3) is 2.35. The Morgan fingerprint density at radius 2 is 1.79 bits per heavy atom. The van der Waals surface area contributed by atoms with Crippen LogP contribution in [0, 0.1) is 6.92 Å². The lowest BCUT2D eigenvalue weighted by Gasteiger charge is -2.24. The monoisotopic (exact) mass is 292 g/mol. The summed E-state index contributed by atoms with van der Waals surface area (Å²) in [5.74, 6) is 0.952. The van der Waals surface area contributed by atoms with Crippen LogP contribution >= 0.6 is 23.2 Å². The molecule has 0 bridgehead atoms. The lowest BCUT2D eigenvalue weighted by Crippen LogP contribution is -2.14. The van der Waals surface area contributed by atoms with Gasteiger partial charge in [-0.15, -0.1) is 0 Å². The maximum atomic E-state index is 6.13. The molecule has 0 fully saturated rings. The van der Waals surface area contributed by atoms with Crippen molar-refractivity contribution in [3.05, 3.63) is 57.1 Å². The van der Waals surface area contributed by atoms with Crippen LogP contribution in [0.4, 0.5) is 0 Å². The van der Waals surface area contributed by atoms with E-state index in [1.807, 2.05) is 6.92 Å². The Labute approximate surface area is 122 Å². The third-order valence-corrected chi connectivity index (χ3v) is 4.46. The average molecular weight is 293 g/mol. The van der Waals surface area contributed by atoms with Gasteiger partial charge in [0.1, 0.15) is 16.1 Å². The van der Waals surface area contributed by atoms with Crippen molar-refractivity contribution in [2.75, 3.05) is 0 Å². The van der Waals surface area contributed by atoms with Crippen LogP contribution in [-0.4, -0.2) is 9.97 Å². The zero-order chi connectivity index (χ0) is 13.4.